The third-order valence-corrected chi connectivity index (χ3v) is 4.58. The summed E-state index contributed by atoms with van der Waals surface area (Å²) in [6.07, 6.45) is 1.56. The molecule has 8 nitrogen and oxygen atoms in total. The summed E-state index contributed by atoms with van der Waals surface area (Å²) in [7, 11) is 2.97. The van der Waals surface area contributed by atoms with Gasteiger partial charge in [-0.3, -0.25) is 18.5 Å². The van der Waals surface area contributed by atoms with Crippen LogP contribution in [-0.4, -0.2) is 18.7 Å². The van der Waals surface area contributed by atoms with E-state index in [-0.39, 0.29) is 23.5 Å². The molecule has 4 aromatic rings. The van der Waals surface area contributed by atoms with Gasteiger partial charge in [0.1, 0.15) is 11.6 Å². The van der Waals surface area contributed by atoms with Crippen LogP contribution in [0.5, 0.6) is 0 Å². The van der Waals surface area contributed by atoms with E-state index < -0.39 is 11.2 Å². The summed E-state index contributed by atoms with van der Waals surface area (Å²) in [5.74, 6) is 0.701. The molecular weight excluding hydrogens is 365 g/mol. The van der Waals surface area contributed by atoms with Crippen molar-refractivity contribution in [3.8, 4) is 0 Å². The second-order valence-electron chi connectivity index (χ2n) is 6.46. The minimum Gasteiger partial charge on any atom is -0.467 e. The van der Waals surface area contributed by atoms with Crippen LogP contribution in [0, 0.1) is 5.82 Å². The van der Waals surface area contributed by atoms with Crippen molar-refractivity contribution in [3.63, 3.8) is 0 Å². The van der Waals surface area contributed by atoms with Crippen molar-refractivity contribution in [1.82, 2.24) is 18.7 Å². The second-order valence-corrected chi connectivity index (χ2v) is 6.46. The minimum absolute atomic E-state index is 0.211. The minimum atomic E-state index is -0.467. The molecule has 0 aliphatic rings. The van der Waals surface area contributed by atoms with E-state index in [1.807, 2.05) is 0 Å². The predicted molar refractivity (Wildman–Crippen MR) is 102 cm³/mol. The van der Waals surface area contributed by atoms with Crippen molar-refractivity contribution in [2.75, 3.05) is 5.32 Å². The smallest absolute Gasteiger partial charge is 0.332 e. The van der Waals surface area contributed by atoms with Gasteiger partial charge in [-0.15, -0.1) is 0 Å². The molecule has 0 bridgehead atoms. The molecule has 0 atom stereocenters. The maximum absolute atomic E-state index is 13.6. The molecule has 0 radical (unpaired) electrons. The molecule has 4 rings (SSSR count). The Kier molecular flexibility index (Phi) is 4.34. The number of anilines is 1. The molecule has 1 aromatic carbocycles. The van der Waals surface area contributed by atoms with Crippen LogP contribution < -0.4 is 16.6 Å². The summed E-state index contributed by atoms with van der Waals surface area (Å²) in [6.45, 7) is 0.552. The van der Waals surface area contributed by atoms with Gasteiger partial charge >= 0.3 is 5.69 Å². The van der Waals surface area contributed by atoms with Crippen LogP contribution in [0.2, 0.25) is 0 Å². The number of nitrogens with one attached hydrogen (secondary N) is 1. The topological polar surface area (TPSA) is 87.0 Å². The van der Waals surface area contributed by atoms with Crippen molar-refractivity contribution in [1.29, 1.82) is 0 Å². The Hall–Kier alpha value is -3.62. The zero-order valence-electron chi connectivity index (χ0n) is 15.3. The Morgan fingerprint density at radius 3 is 2.68 bits per heavy atom. The third kappa shape index (κ3) is 3.00. The lowest BCUT2D eigenvalue weighted by Crippen LogP contribution is -2.37. The van der Waals surface area contributed by atoms with Crippen LogP contribution in [0.3, 0.4) is 0 Å². The summed E-state index contributed by atoms with van der Waals surface area (Å²) in [5, 5.41) is 3.13. The van der Waals surface area contributed by atoms with Crippen LogP contribution in [0.1, 0.15) is 11.3 Å². The fraction of sp³-hybridized carbons (Fsp3) is 0.211. The van der Waals surface area contributed by atoms with E-state index in [1.165, 1.54) is 23.7 Å². The third-order valence-electron chi connectivity index (χ3n) is 4.58. The molecule has 0 amide bonds. The summed E-state index contributed by atoms with van der Waals surface area (Å²) in [5.41, 5.74) is 0.247. The van der Waals surface area contributed by atoms with Crippen LogP contribution in [0.25, 0.3) is 11.2 Å². The van der Waals surface area contributed by atoms with Crippen molar-refractivity contribution < 1.29 is 8.81 Å². The molecule has 0 fully saturated rings. The largest absolute Gasteiger partial charge is 0.467 e. The highest BCUT2D eigenvalue weighted by Crippen LogP contribution is 2.19. The standard InChI is InChI=1S/C19H18FN5O3/c1-23-16-15(17(26)24(2)19(23)27)25(11-12-5-3-6-13(20)9-12)18(22-16)21-10-14-7-4-8-28-14/h3-9H,10-11H2,1-2H3,(H,21,22). The Balaban J connectivity index is 1.88. The number of rotatable bonds is 5. The highest BCUT2D eigenvalue weighted by molar-refractivity contribution is 5.74. The molecule has 1 N–H and O–H groups in total. The Labute approximate surface area is 158 Å². The number of imidazole rings is 1. The van der Waals surface area contributed by atoms with E-state index in [4.69, 9.17) is 4.42 Å². The molecule has 0 saturated heterocycles. The summed E-state index contributed by atoms with van der Waals surface area (Å²) >= 11 is 0. The number of halogens is 1. The normalized spacial score (nSPS) is 11.2. The van der Waals surface area contributed by atoms with Gasteiger partial charge in [-0.2, -0.15) is 4.98 Å². The highest BCUT2D eigenvalue weighted by Gasteiger charge is 2.19. The molecule has 0 aliphatic heterocycles. The van der Waals surface area contributed by atoms with Crippen molar-refractivity contribution >= 4 is 17.1 Å². The lowest BCUT2D eigenvalue weighted by molar-refractivity contribution is 0.517. The van der Waals surface area contributed by atoms with E-state index in [0.29, 0.717) is 23.8 Å². The van der Waals surface area contributed by atoms with Crippen molar-refractivity contribution in [3.05, 3.63) is 80.6 Å². The van der Waals surface area contributed by atoms with Crippen LogP contribution in [0.15, 0.2) is 56.7 Å². The monoisotopic (exact) mass is 383 g/mol. The number of hydrogen-bond acceptors (Lipinski definition) is 5. The van der Waals surface area contributed by atoms with E-state index in [9.17, 15) is 14.0 Å². The number of aromatic nitrogens is 4. The van der Waals surface area contributed by atoms with Gasteiger partial charge in [-0.1, -0.05) is 12.1 Å². The number of nitrogens with zero attached hydrogens (tertiary/aromatic N) is 4. The van der Waals surface area contributed by atoms with Crippen LogP contribution in [-0.2, 0) is 27.2 Å². The maximum atomic E-state index is 13.6. The van der Waals surface area contributed by atoms with Gasteiger partial charge in [-0.05, 0) is 29.8 Å². The fourth-order valence-electron chi connectivity index (χ4n) is 3.13. The molecule has 144 valence electrons. The first-order chi connectivity index (χ1) is 13.5. The average molecular weight is 383 g/mol. The van der Waals surface area contributed by atoms with Gasteiger partial charge in [0.15, 0.2) is 11.2 Å². The van der Waals surface area contributed by atoms with E-state index in [2.05, 4.69) is 10.3 Å². The lowest BCUT2D eigenvalue weighted by atomic mass is 10.2. The zero-order valence-corrected chi connectivity index (χ0v) is 15.3. The average Bonchev–Trinajstić information content (AvgIpc) is 3.31. The summed E-state index contributed by atoms with van der Waals surface area (Å²) in [6, 6.07) is 9.70. The number of aryl methyl sites for hydroxylation is 1. The molecule has 9 heteroatoms. The van der Waals surface area contributed by atoms with Gasteiger partial charge in [0.05, 0.1) is 19.4 Å². The highest BCUT2D eigenvalue weighted by atomic mass is 19.1. The van der Waals surface area contributed by atoms with E-state index >= 15 is 0 Å². The molecule has 0 saturated carbocycles. The molecular formula is C19H18FN5O3. The quantitative estimate of drug-likeness (QED) is 0.568. The van der Waals surface area contributed by atoms with Crippen molar-refractivity contribution in [2.24, 2.45) is 14.1 Å². The fourth-order valence-corrected chi connectivity index (χ4v) is 3.13. The van der Waals surface area contributed by atoms with Crippen molar-refractivity contribution in [2.45, 2.75) is 13.1 Å². The molecule has 0 aliphatic carbocycles. The Morgan fingerprint density at radius 1 is 1.14 bits per heavy atom. The summed E-state index contributed by atoms with van der Waals surface area (Å²) in [4.78, 5) is 29.5. The zero-order chi connectivity index (χ0) is 19.8. The molecule has 3 aromatic heterocycles. The van der Waals surface area contributed by atoms with E-state index in [1.54, 1.807) is 42.1 Å². The Bertz CT molecular complexity index is 1270. The second kappa shape index (κ2) is 6.84. The van der Waals surface area contributed by atoms with Crippen LogP contribution in [0.4, 0.5) is 10.3 Å². The number of fused-ring (bicyclic) bond motifs is 1. The van der Waals surface area contributed by atoms with Gasteiger partial charge < -0.3 is 9.73 Å². The molecule has 0 unspecified atom stereocenters. The predicted octanol–water partition coefficient (Wildman–Crippen LogP) is 1.83. The Morgan fingerprint density at radius 2 is 1.96 bits per heavy atom. The van der Waals surface area contributed by atoms with Gasteiger partial charge in [0, 0.05) is 14.1 Å². The molecule has 0 spiro atoms. The maximum Gasteiger partial charge on any atom is 0.332 e. The van der Waals surface area contributed by atoms with Crippen LogP contribution >= 0.6 is 0 Å². The van der Waals surface area contributed by atoms with Gasteiger partial charge in [0.2, 0.25) is 5.95 Å². The van der Waals surface area contributed by atoms with Gasteiger partial charge in [-0.25, -0.2) is 9.18 Å². The first-order valence-corrected chi connectivity index (χ1v) is 8.62. The SMILES string of the molecule is Cn1c(=O)c2c(nc(NCc3ccco3)n2Cc2cccc(F)c2)n(C)c1=O. The number of benzene rings is 1. The van der Waals surface area contributed by atoms with E-state index in [0.717, 1.165) is 4.57 Å². The molecule has 3 heterocycles. The summed E-state index contributed by atoms with van der Waals surface area (Å²) < 4.78 is 23.0. The number of hydrogen-bond donors (Lipinski definition) is 1. The number of furan rings is 1. The first-order valence-electron chi connectivity index (χ1n) is 8.62. The molecule has 28 heavy (non-hydrogen) atoms. The lowest BCUT2D eigenvalue weighted by Gasteiger charge is -2.10. The first kappa shape index (κ1) is 17.8. The van der Waals surface area contributed by atoms with Gasteiger partial charge in [0.25, 0.3) is 5.56 Å².